The van der Waals surface area contributed by atoms with Crippen LogP contribution in [0.2, 0.25) is 0 Å². The summed E-state index contributed by atoms with van der Waals surface area (Å²) in [5, 5.41) is 9.10. The predicted octanol–water partition coefficient (Wildman–Crippen LogP) is -0.356. The quantitative estimate of drug-likeness (QED) is 0.562. The van der Waals surface area contributed by atoms with Crippen LogP contribution in [-0.2, 0) is 4.79 Å². The number of fused-ring (bicyclic) bond motifs is 3. The molecule has 3 saturated heterocycles. The lowest BCUT2D eigenvalue weighted by molar-refractivity contribution is -0.143. The Morgan fingerprint density at radius 2 is 2.09 bits per heavy atom. The fourth-order valence-electron chi connectivity index (χ4n) is 2.04. The smallest absolute Gasteiger partial charge is 0.155 e. The van der Waals surface area contributed by atoms with E-state index in [0.29, 0.717) is 6.54 Å². The molecule has 0 spiro atoms. The van der Waals surface area contributed by atoms with E-state index in [1.54, 1.807) is 0 Å². The highest BCUT2D eigenvalue weighted by molar-refractivity contribution is 5.88. The van der Waals surface area contributed by atoms with Crippen LogP contribution < -0.4 is 0 Å². The van der Waals surface area contributed by atoms with E-state index in [4.69, 9.17) is 5.11 Å². The monoisotopic (exact) mass is 155 g/mol. The topological polar surface area (TPSA) is 40.5 Å². The minimum Gasteiger partial charge on any atom is -0.395 e. The summed E-state index contributed by atoms with van der Waals surface area (Å²) in [4.78, 5) is 13.6. The van der Waals surface area contributed by atoms with Crippen molar-refractivity contribution in [3.63, 3.8) is 0 Å². The summed E-state index contributed by atoms with van der Waals surface area (Å²) < 4.78 is 0. The summed E-state index contributed by atoms with van der Waals surface area (Å²) in [5.74, 6) is 0.248. The Hall–Kier alpha value is -0.410. The van der Waals surface area contributed by atoms with E-state index >= 15 is 0 Å². The Morgan fingerprint density at radius 3 is 2.45 bits per heavy atom. The molecule has 11 heavy (non-hydrogen) atoms. The normalized spacial score (nSPS) is 43.0. The molecule has 2 bridgehead atoms. The average Bonchev–Trinajstić information content (AvgIpc) is 2.07. The predicted molar refractivity (Wildman–Crippen MR) is 40.2 cm³/mol. The number of Topliss-reactive ketones (excluding diaryl/α,β-unsaturated/α-hetero) is 1. The lowest BCUT2D eigenvalue weighted by Gasteiger charge is -2.45. The second-order valence-electron chi connectivity index (χ2n) is 3.64. The van der Waals surface area contributed by atoms with Crippen LogP contribution in [0.15, 0.2) is 0 Å². The van der Waals surface area contributed by atoms with Crippen LogP contribution in [0.1, 0.15) is 12.8 Å². The van der Waals surface area contributed by atoms with Crippen molar-refractivity contribution < 1.29 is 9.90 Å². The van der Waals surface area contributed by atoms with Gasteiger partial charge in [-0.25, -0.2) is 0 Å². The van der Waals surface area contributed by atoms with Gasteiger partial charge in [0.1, 0.15) is 0 Å². The summed E-state index contributed by atoms with van der Waals surface area (Å²) in [6.07, 6.45) is 1.73. The van der Waals surface area contributed by atoms with E-state index in [1.165, 1.54) is 0 Å². The van der Waals surface area contributed by atoms with Crippen molar-refractivity contribution >= 4 is 5.78 Å². The molecule has 1 N–H and O–H groups in total. The van der Waals surface area contributed by atoms with Crippen molar-refractivity contribution in [1.82, 2.24) is 4.90 Å². The molecule has 3 heterocycles. The molecule has 0 amide bonds. The molecule has 0 aromatic heterocycles. The van der Waals surface area contributed by atoms with E-state index < -0.39 is 0 Å². The van der Waals surface area contributed by atoms with Crippen LogP contribution in [0.3, 0.4) is 0 Å². The zero-order chi connectivity index (χ0) is 7.90. The molecule has 3 fully saturated rings. The van der Waals surface area contributed by atoms with Gasteiger partial charge in [-0.1, -0.05) is 0 Å². The van der Waals surface area contributed by atoms with Crippen molar-refractivity contribution in [2.75, 3.05) is 26.2 Å². The highest BCUT2D eigenvalue weighted by atomic mass is 16.3. The molecular weight excluding hydrogens is 142 g/mol. The number of carbonyl (C=O) groups excluding carboxylic acids is 1. The number of hydrogen-bond acceptors (Lipinski definition) is 3. The molecule has 3 aliphatic rings. The Labute approximate surface area is 66.0 Å². The average molecular weight is 155 g/mol. The third-order valence-electron chi connectivity index (χ3n) is 3.07. The van der Waals surface area contributed by atoms with Gasteiger partial charge in [0, 0.05) is 0 Å². The minimum absolute atomic E-state index is 0.0552. The molecule has 0 saturated carbocycles. The minimum atomic E-state index is -0.339. The Morgan fingerprint density at radius 1 is 1.45 bits per heavy atom. The van der Waals surface area contributed by atoms with Crippen LogP contribution in [0, 0.1) is 5.41 Å². The maximum Gasteiger partial charge on any atom is 0.155 e. The summed E-state index contributed by atoms with van der Waals surface area (Å²) in [6.45, 7) is 2.61. The summed E-state index contributed by atoms with van der Waals surface area (Å²) >= 11 is 0. The number of ketones is 1. The first kappa shape index (κ1) is 7.25. The molecule has 0 atom stereocenters. The first-order valence-corrected chi connectivity index (χ1v) is 4.13. The van der Waals surface area contributed by atoms with Crippen LogP contribution in [-0.4, -0.2) is 42.0 Å². The van der Waals surface area contributed by atoms with Gasteiger partial charge in [0.2, 0.25) is 0 Å². The van der Waals surface area contributed by atoms with Crippen LogP contribution in [0.5, 0.6) is 0 Å². The van der Waals surface area contributed by atoms with Crippen molar-refractivity contribution in [3.8, 4) is 0 Å². The Kier molecular flexibility index (Phi) is 1.51. The molecule has 0 aromatic carbocycles. The van der Waals surface area contributed by atoms with Gasteiger partial charge in [-0.3, -0.25) is 9.69 Å². The van der Waals surface area contributed by atoms with Crippen LogP contribution >= 0.6 is 0 Å². The molecule has 62 valence electrons. The maximum absolute atomic E-state index is 11.4. The third-order valence-corrected chi connectivity index (χ3v) is 3.07. The SMILES string of the molecule is O=C1CN2CCC1(CO)CC2. The van der Waals surface area contributed by atoms with Crippen molar-refractivity contribution in [2.45, 2.75) is 12.8 Å². The highest BCUT2D eigenvalue weighted by Gasteiger charge is 2.45. The van der Waals surface area contributed by atoms with E-state index in [-0.39, 0.29) is 17.8 Å². The highest BCUT2D eigenvalue weighted by Crippen LogP contribution is 2.36. The van der Waals surface area contributed by atoms with E-state index in [9.17, 15) is 4.79 Å². The van der Waals surface area contributed by atoms with Crippen LogP contribution in [0.25, 0.3) is 0 Å². The van der Waals surface area contributed by atoms with Crippen molar-refractivity contribution in [2.24, 2.45) is 5.41 Å². The molecule has 0 aliphatic carbocycles. The number of hydrogen-bond donors (Lipinski definition) is 1. The zero-order valence-electron chi connectivity index (χ0n) is 6.55. The summed E-state index contributed by atoms with van der Waals surface area (Å²) in [5.41, 5.74) is -0.339. The van der Waals surface area contributed by atoms with Gasteiger partial charge < -0.3 is 5.11 Å². The van der Waals surface area contributed by atoms with Gasteiger partial charge >= 0.3 is 0 Å². The number of aliphatic hydroxyl groups is 1. The summed E-state index contributed by atoms with van der Waals surface area (Å²) in [6, 6.07) is 0. The van der Waals surface area contributed by atoms with Gasteiger partial charge in [-0.15, -0.1) is 0 Å². The molecule has 0 unspecified atom stereocenters. The first-order valence-electron chi connectivity index (χ1n) is 4.13. The van der Waals surface area contributed by atoms with Gasteiger partial charge in [-0.2, -0.15) is 0 Å². The number of rotatable bonds is 1. The zero-order valence-corrected chi connectivity index (χ0v) is 6.55. The molecule has 3 heteroatoms. The molecule has 0 aromatic rings. The third kappa shape index (κ3) is 0.914. The van der Waals surface area contributed by atoms with E-state index in [1.807, 2.05) is 0 Å². The Bertz CT molecular complexity index is 183. The standard InChI is InChI=1S/C8H13NO2/c10-6-8-1-3-9(4-2-8)5-7(8)11/h10H,1-6H2. The van der Waals surface area contributed by atoms with E-state index in [2.05, 4.69) is 4.90 Å². The first-order chi connectivity index (χ1) is 5.27. The molecule has 3 rings (SSSR count). The lowest BCUT2D eigenvalue weighted by atomic mass is 9.72. The molecular formula is C8H13NO2. The molecule has 3 nitrogen and oxygen atoms in total. The largest absolute Gasteiger partial charge is 0.395 e. The molecule has 0 radical (unpaired) electrons. The number of nitrogens with zero attached hydrogens (tertiary/aromatic N) is 1. The number of piperidine rings is 3. The number of aliphatic hydroxyl groups excluding tert-OH is 1. The lowest BCUT2D eigenvalue weighted by Crippen LogP contribution is -2.56. The maximum atomic E-state index is 11.4. The second-order valence-corrected chi connectivity index (χ2v) is 3.64. The van der Waals surface area contributed by atoms with Gasteiger partial charge in [0.25, 0.3) is 0 Å². The second kappa shape index (κ2) is 2.29. The van der Waals surface area contributed by atoms with Crippen LogP contribution in [0.4, 0.5) is 0 Å². The summed E-state index contributed by atoms with van der Waals surface area (Å²) in [7, 11) is 0. The fourth-order valence-corrected chi connectivity index (χ4v) is 2.04. The van der Waals surface area contributed by atoms with Gasteiger partial charge in [-0.05, 0) is 25.9 Å². The Balaban J connectivity index is 2.23. The molecule has 3 aliphatic heterocycles. The number of carbonyl (C=O) groups is 1. The fraction of sp³-hybridized carbons (Fsp3) is 0.875. The van der Waals surface area contributed by atoms with Gasteiger partial charge in [0.15, 0.2) is 5.78 Å². The van der Waals surface area contributed by atoms with E-state index in [0.717, 1.165) is 25.9 Å². The van der Waals surface area contributed by atoms with Crippen molar-refractivity contribution in [1.29, 1.82) is 0 Å². The van der Waals surface area contributed by atoms with Gasteiger partial charge in [0.05, 0.1) is 18.6 Å². The van der Waals surface area contributed by atoms with Crippen molar-refractivity contribution in [3.05, 3.63) is 0 Å².